The number of fused-ring (bicyclic) bond motifs is 1. The summed E-state index contributed by atoms with van der Waals surface area (Å²) in [6, 6.07) is 10.4. The van der Waals surface area contributed by atoms with Gasteiger partial charge in [-0.25, -0.2) is 14.6 Å². The molecule has 10 heteroatoms. The molecule has 0 aromatic heterocycles. The van der Waals surface area contributed by atoms with Gasteiger partial charge in [0.1, 0.15) is 12.3 Å². The summed E-state index contributed by atoms with van der Waals surface area (Å²) < 4.78 is 15.5. The van der Waals surface area contributed by atoms with Crippen LogP contribution in [0.2, 0.25) is 0 Å². The first-order chi connectivity index (χ1) is 14.5. The lowest BCUT2D eigenvalue weighted by atomic mass is 10.2. The van der Waals surface area contributed by atoms with Crippen molar-refractivity contribution in [3.8, 4) is 17.2 Å². The third-order valence-corrected chi connectivity index (χ3v) is 4.61. The van der Waals surface area contributed by atoms with Crippen LogP contribution in [0.15, 0.2) is 42.5 Å². The van der Waals surface area contributed by atoms with Crippen LogP contribution in [0.25, 0.3) is 0 Å². The number of hydrogen-bond acceptors (Lipinski definition) is 7. The van der Waals surface area contributed by atoms with Crippen LogP contribution in [-0.2, 0) is 20.9 Å². The Labute approximate surface area is 170 Å². The van der Waals surface area contributed by atoms with Gasteiger partial charge in [-0.15, -0.1) is 0 Å². The number of ether oxygens (including phenoxy) is 3. The number of hydrogen-bond donors (Lipinski definition) is 1. The molecular formula is C20H17N3O7. The molecule has 10 nitrogen and oxygen atoms in total. The maximum atomic E-state index is 12.6. The van der Waals surface area contributed by atoms with Gasteiger partial charge in [0, 0.05) is 6.54 Å². The minimum absolute atomic E-state index is 0.142. The Morgan fingerprint density at radius 2 is 1.77 bits per heavy atom. The summed E-state index contributed by atoms with van der Waals surface area (Å²) in [5.41, 5.74) is 0.963. The summed E-state index contributed by atoms with van der Waals surface area (Å²) in [5.74, 6) is -0.937. The Kier molecular flexibility index (Phi) is 4.97. The fourth-order valence-electron chi connectivity index (χ4n) is 3.06. The van der Waals surface area contributed by atoms with E-state index >= 15 is 0 Å². The van der Waals surface area contributed by atoms with Crippen molar-refractivity contribution >= 4 is 29.4 Å². The van der Waals surface area contributed by atoms with Crippen LogP contribution < -0.4 is 24.4 Å². The highest BCUT2D eigenvalue weighted by molar-refractivity contribution is 6.53. The van der Waals surface area contributed by atoms with Crippen LogP contribution in [0.4, 0.5) is 10.5 Å². The summed E-state index contributed by atoms with van der Waals surface area (Å²) in [6.07, 6.45) is 0. The van der Waals surface area contributed by atoms with Crippen LogP contribution in [-0.4, -0.2) is 49.1 Å². The molecule has 2 aliphatic heterocycles. The van der Waals surface area contributed by atoms with Crippen LogP contribution in [0.1, 0.15) is 5.56 Å². The molecule has 154 valence electrons. The Morgan fingerprint density at radius 1 is 1.03 bits per heavy atom. The van der Waals surface area contributed by atoms with Crippen molar-refractivity contribution in [2.75, 3.05) is 25.3 Å². The standard InChI is InChI=1S/C20H17N3O7/c1-28-14-5-3-13(4-6-14)23-19(26)18(25)22(20(23)27)10-17(24)21-9-12-2-7-15-16(8-12)30-11-29-15/h2-8H,9-11H2,1H3,(H,21,24). The number of benzene rings is 2. The fourth-order valence-corrected chi connectivity index (χ4v) is 3.06. The predicted molar refractivity (Wildman–Crippen MR) is 102 cm³/mol. The first-order valence-electron chi connectivity index (χ1n) is 8.97. The number of amides is 5. The van der Waals surface area contributed by atoms with Crippen molar-refractivity contribution in [3.63, 3.8) is 0 Å². The van der Waals surface area contributed by atoms with Crippen molar-refractivity contribution in [3.05, 3.63) is 48.0 Å². The van der Waals surface area contributed by atoms with E-state index in [0.717, 1.165) is 10.5 Å². The molecule has 2 aliphatic rings. The van der Waals surface area contributed by atoms with E-state index in [2.05, 4.69) is 5.32 Å². The molecule has 0 atom stereocenters. The highest BCUT2D eigenvalue weighted by atomic mass is 16.7. The predicted octanol–water partition coefficient (Wildman–Crippen LogP) is 1.04. The normalized spacial score (nSPS) is 15.0. The molecule has 0 bridgehead atoms. The molecule has 0 spiro atoms. The minimum Gasteiger partial charge on any atom is -0.497 e. The lowest BCUT2D eigenvalue weighted by molar-refractivity contribution is -0.140. The third-order valence-electron chi connectivity index (χ3n) is 4.61. The van der Waals surface area contributed by atoms with Crippen LogP contribution in [0, 0.1) is 0 Å². The molecule has 0 radical (unpaired) electrons. The SMILES string of the molecule is COc1ccc(N2C(=O)C(=O)N(CC(=O)NCc3ccc4c(c3)OCO4)C2=O)cc1. The first kappa shape index (κ1) is 19.2. The van der Waals surface area contributed by atoms with Crippen LogP contribution >= 0.6 is 0 Å². The van der Waals surface area contributed by atoms with Gasteiger partial charge in [-0.1, -0.05) is 6.07 Å². The van der Waals surface area contributed by atoms with Crippen LogP contribution in [0.5, 0.6) is 17.2 Å². The summed E-state index contributed by atoms with van der Waals surface area (Å²) in [4.78, 5) is 50.7. The molecule has 2 heterocycles. The highest BCUT2D eigenvalue weighted by Gasteiger charge is 2.46. The zero-order valence-corrected chi connectivity index (χ0v) is 15.9. The summed E-state index contributed by atoms with van der Waals surface area (Å²) in [6.45, 7) is -0.272. The van der Waals surface area contributed by atoms with Gasteiger partial charge in [-0.3, -0.25) is 14.4 Å². The van der Waals surface area contributed by atoms with Gasteiger partial charge in [0.05, 0.1) is 12.8 Å². The van der Waals surface area contributed by atoms with Gasteiger partial charge in [0.2, 0.25) is 12.7 Å². The lowest BCUT2D eigenvalue weighted by Gasteiger charge is -2.15. The number of carbonyl (C=O) groups is 4. The number of anilines is 1. The first-order valence-corrected chi connectivity index (χ1v) is 8.97. The smallest absolute Gasteiger partial charge is 0.339 e. The van der Waals surface area contributed by atoms with E-state index in [1.54, 1.807) is 30.3 Å². The molecule has 2 aromatic carbocycles. The van der Waals surface area contributed by atoms with Crippen LogP contribution in [0.3, 0.4) is 0 Å². The molecule has 1 saturated heterocycles. The van der Waals surface area contributed by atoms with Gasteiger partial charge >= 0.3 is 17.8 Å². The maximum absolute atomic E-state index is 12.6. The van der Waals surface area contributed by atoms with Crippen molar-refractivity contribution in [1.29, 1.82) is 0 Å². The van der Waals surface area contributed by atoms with E-state index in [0.29, 0.717) is 22.1 Å². The van der Waals surface area contributed by atoms with Crippen molar-refractivity contribution < 1.29 is 33.4 Å². The van der Waals surface area contributed by atoms with Crippen molar-refractivity contribution in [2.24, 2.45) is 0 Å². The number of rotatable bonds is 6. The largest absolute Gasteiger partial charge is 0.497 e. The number of nitrogens with zero attached hydrogens (tertiary/aromatic N) is 2. The average molecular weight is 411 g/mol. The molecule has 2 aromatic rings. The third kappa shape index (κ3) is 3.50. The molecule has 0 saturated carbocycles. The Bertz CT molecular complexity index is 1040. The van der Waals surface area contributed by atoms with Gasteiger partial charge in [0.15, 0.2) is 11.5 Å². The number of imide groups is 2. The fraction of sp³-hybridized carbons (Fsp3) is 0.200. The van der Waals surface area contributed by atoms with Gasteiger partial charge in [-0.05, 0) is 42.0 Å². The molecule has 1 fully saturated rings. The van der Waals surface area contributed by atoms with E-state index in [4.69, 9.17) is 14.2 Å². The molecule has 1 N–H and O–H groups in total. The van der Waals surface area contributed by atoms with Crippen molar-refractivity contribution in [1.82, 2.24) is 10.2 Å². The highest BCUT2D eigenvalue weighted by Crippen LogP contribution is 2.32. The maximum Gasteiger partial charge on any atom is 0.339 e. The summed E-state index contributed by atoms with van der Waals surface area (Å²) >= 11 is 0. The molecular weight excluding hydrogens is 394 g/mol. The number of nitrogens with one attached hydrogen (secondary N) is 1. The number of methoxy groups -OCH3 is 1. The second kappa shape index (κ2) is 7.74. The zero-order chi connectivity index (χ0) is 21.3. The Balaban J connectivity index is 1.39. The second-order valence-corrected chi connectivity index (χ2v) is 6.48. The topological polar surface area (TPSA) is 114 Å². The second-order valence-electron chi connectivity index (χ2n) is 6.48. The van der Waals surface area contributed by atoms with E-state index in [1.807, 2.05) is 0 Å². The summed E-state index contributed by atoms with van der Waals surface area (Å²) in [7, 11) is 1.48. The Morgan fingerprint density at radius 3 is 2.50 bits per heavy atom. The molecule has 4 rings (SSSR count). The minimum atomic E-state index is -1.06. The lowest BCUT2D eigenvalue weighted by Crippen LogP contribution is -2.41. The number of urea groups is 1. The Hall–Kier alpha value is -4.08. The molecule has 0 unspecified atom stereocenters. The zero-order valence-electron chi connectivity index (χ0n) is 15.9. The van der Waals surface area contributed by atoms with E-state index in [1.165, 1.54) is 19.2 Å². The van der Waals surface area contributed by atoms with Crippen molar-refractivity contribution in [2.45, 2.75) is 6.54 Å². The monoisotopic (exact) mass is 411 g/mol. The van der Waals surface area contributed by atoms with E-state index in [9.17, 15) is 19.2 Å². The number of carbonyl (C=O) groups excluding carboxylic acids is 4. The quantitative estimate of drug-likeness (QED) is 0.558. The molecule has 0 aliphatic carbocycles. The van der Waals surface area contributed by atoms with Gasteiger partial charge in [0.25, 0.3) is 0 Å². The molecule has 30 heavy (non-hydrogen) atoms. The summed E-state index contributed by atoms with van der Waals surface area (Å²) in [5, 5.41) is 2.61. The van der Waals surface area contributed by atoms with Gasteiger partial charge < -0.3 is 19.5 Å². The average Bonchev–Trinajstić information content (AvgIpc) is 3.31. The van der Waals surface area contributed by atoms with E-state index < -0.39 is 30.3 Å². The molecule has 5 amide bonds. The van der Waals surface area contributed by atoms with Gasteiger partial charge in [-0.2, -0.15) is 0 Å². The van der Waals surface area contributed by atoms with E-state index in [-0.39, 0.29) is 19.0 Å².